The van der Waals surface area contributed by atoms with E-state index in [0.717, 1.165) is 23.0 Å². The van der Waals surface area contributed by atoms with Gasteiger partial charge in [0, 0.05) is 11.4 Å². The summed E-state index contributed by atoms with van der Waals surface area (Å²) >= 11 is 1.54. The summed E-state index contributed by atoms with van der Waals surface area (Å²) in [5, 5.41) is 12.9. The largest absolute Gasteiger partial charge is 0.481 e. The molecule has 0 saturated carbocycles. The molecule has 20 heavy (non-hydrogen) atoms. The van der Waals surface area contributed by atoms with Crippen molar-refractivity contribution >= 4 is 22.4 Å². The summed E-state index contributed by atoms with van der Waals surface area (Å²) in [6, 6.07) is 0. The van der Waals surface area contributed by atoms with Crippen molar-refractivity contribution < 1.29 is 9.90 Å². The number of nitrogens with zero attached hydrogens (tertiary/aromatic N) is 2. The Labute approximate surface area is 124 Å². The summed E-state index contributed by atoms with van der Waals surface area (Å²) in [4.78, 5) is 18.6. The molecule has 0 unspecified atom stereocenters. The maximum Gasteiger partial charge on any atom is 0.309 e. The van der Waals surface area contributed by atoms with Crippen molar-refractivity contribution in [2.75, 3.05) is 31.5 Å². The number of thiazole rings is 1. The van der Waals surface area contributed by atoms with Crippen molar-refractivity contribution in [3.05, 3.63) is 10.6 Å². The molecule has 1 aliphatic rings. The second-order valence-electron chi connectivity index (χ2n) is 5.28. The maximum atomic E-state index is 10.7. The molecular formula is C14H23N3O2S. The number of anilines is 1. The zero-order valence-corrected chi connectivity index (χ0v) is 12.8. The number of nitrogens with one attached hydrogen (secondary N) is 1. The Balaban J connectivity index is 1.64. The smallest absolute Gasteiger partial charge is 0.309 e. The highest BCUT2D eigenvalue weighted by Crippen LogP contribution is 2.22. The zero-order valence-electron chi connectivity index (χ0n) is 12.0. The second-order valence-corrected chi connectivity index (χ2v) is 6.48. The summed E-state index contributed by atoms with van der Waals surface area (Å²) in [5.41, 5.74) is 0.682. The van der Waals surface area contributed by atoms with Crippen LogP contribution in [-0.4, -0.2) is 47.1 Å². The summed E-state index contributed by atoms with van der Waals surface area (Å²) in [7, 11) is 0. The van der Waals surface area contributed by atoms with Crippen LogP contribution in [0.5, 0.6) is 0 Å². The van der Waals surface area contributed by atoms with Gasteiger partial charge in [-0.1, -0.05) is 0 Å². The van der Waals surface area contributed by atoms with E-state index in [-0.39, 0.29) is 6.42 Å². The number of unbranched alkanes of at least 4 members (excludes halogenated alkanes) is 1. The predicted octanol–water partition coefficient (Wildman–Crippen LogP) is 2.37. The van der Waals surface area contributed by atoms with Gasteiger partial charge in [-0.25, -0.2) is 4.98 Å². The maximum absolute atomic E-state index is 10.7. The van der Waals surface area contributed by atoms with E-state index < -0.39 is 5.97 Å². The van der Waals surface area contributed by atoms with Crippen molar-refractivity contribution in [3.63, 3.8) is 0 Å². The molecule has 112 valence electrons. The van der Waals surface area contributed by atoms with E-state index in [9.17, 15) is 4.79 Å². The Morgan fingerprint density at radius 1 is 1.40 bits per heavy atom. The van der Waals surface area contributed by atoms with Crippen LogP contribution in [0.15, 0.2) is 0 Å². The van der Waals surface area contributed by atoms with Crippen molar-refractivity contribution in [2.45, 2.75) is 39.0 Å². The van der Waals surface area contributed by atoms with Gasteiger partial charge in [0.15, 0.2) is 5.13 Å². The van der Waals surface area contributed by atoms with E-state index in [1.54, 1.807) is 11.3 Å². The molecule has 0 spiro atoms. The minimum atomic E-state index is -0.824. The number of aliphatic carboxylic acids is 1. The number of carboxylic acids is 1. The highest BCUT2D eigenvalue weighted by molar-refractivity contribution is 7.15. The van der Waals surface area contributed by atoms with Crippen LogP contribution in [0.25, 0.3) is 0 Å². The number of aryl methyl sites for hydroxylation is 1. The first kappa shape index (κ1) is 15.3. The minimum Gasteiger partial charge on any atom is -0.481 e. The molecule has 0 bridgehead atoms. The molecule has 1 aliphatic heterocycles. The van der Waals surface area contributed by atoms with Crippen LogP contribution in [0.4, 0.5) is 5.13 Å². The molecule has 5 nitrogen and oxygen atoms in total. The van der Waals surface area contributed by atoms with Gasteiger partial charge in [-0.2, -0.15) is 0 Å². The van der Waals surface area contributed by atoms with Crippen molar-refractivity contribution in [1.29, 1.82) is 0 Å². The van der Waals surface area contributed by atoms with Gasteiger partial charge < -0.3 is 15.3 Å². The first-order chi connectivity index (χ1) is 9.65. The normalized spacial score (nSPS) is 15.7. The van der Waals surface area contributed by atoms with Gasteiger partial charge in [0.25, 0.3) is 0 Å². The van der Waals surface area contributed by atoms with Gasteiger partial charge in [0.05, 0.1) is 12.1 Å². The number of rotatable bonds is 8. The molecule has 1 fully saturated rings. The molecule has 2 heterocycles. The fourth-order valence-electron chi connectivity index (χ4n) is 2.47. The third-order valence-corrected chi connectivity index (χ3v) is 4.56. The van der Waals surface area contributed by atoms with Crippen LogP contribution in [0, 0.1) is 6.92 Å². The number of hydrogen-bond acceptors (Lipinski definition) is 5. The molecule has 6 heteroatoms. The van der Waals surface area contributed by atoms with Gasteiger partial charge in [-0.15, -0.1) is 11.3 Å². The zero-order chi connectivity index (χ0) is 14.4. The van der Waals surface area contributed by atoms with Crippen LogP contribution in [-0.2, 0) is 11.2 Å². The van der Waals surface area contributed by atoms with Crippen LogP contribution in [0.2, 0.25) is 0 Å². The van der Waals surface area contributed by atoms with Crippen LogP contribution in [0.1, 0.15) is 36.3 Å². The molecule has 0 aromatic carbocycles. The monoisotopic (exact) mass is 297 g/mol. The summed E-state index contributed by atoms with van der Waals surface area (Å²) < 4.78 is 0. The number of carboxylic acid groups (broad SMARTS) is 1. The summed E-state index contributed by atoms with van der Waals surface area (Å²) in [6.45, 7) is 6.56. The molecule has 1 aromatic heterocycles. The Hall–Kier alpha value is -1.14. The van der Waals surface area contributed by atoms with E-state index in [1.807, 2.05) is 6.92 Å². The number of hydrogen-bond donors (Lipinski definition) is 2. The lowest BCUT2D eigenvalue weighted by Gasteiger charge is -2.13. The molecule has 0 aliphatic carbocycles. The minimum absolute atomic E-state index is 0.0129. The Kier molecular flexibility index (Phi) is 5.79. The van der Waals surface area contributed by atoms with Crippen molar-refractivity contribution in [3.8, 4) is 0 Å². The van der Waals surface area contributed by atoms with E-state index in [1.165, 1.54) is 38.9 Å². The lowest BCUT2D eigenvalue weighted by molar-refractivity contribution is -0.136. The Morgan fingerprint density at radius 2 is 2.15 bits per heavy atom. The van der Waals surface area contributed by atoms with Crippen molar-refractivity contribution in [2.24, 2.45) is 0 Å². The summed E-state index contributed by atoms with van der Waals surface area (Å²) in [5.74, 6) is -0.824. The van der Waals surface area contributed by atoms with E-state index in [0.29, 0.717) is 5.69 Å². The van der Waals surface area contributed by atoms with E-state index in [2.05, 4.69) is 15.2 Å². The molecule has 1 aromatic rings. The fourth-order valence-corrected chi connectivity index (χ4v) is 3.33. The average molecular weight is 297 g/mol. The van der Waals surface area contributed by atoms with Crippen LogP contribution in [0.3, 0.4) is 0 Å². The first-order valence-electron chi connectivity index (χ1n) is 7.29. The third kappa shape index (κ3) is 4.76. The number of aromatic nitrogens is 1. The Bertz CT molecular complexity index is 442. The van der Waals surface area contributed by atoms with Crippen molar-refractivity contribution in [1.82, 2.24) is 9.88 Å². The fraction of sp³-hybridized carbons (Fsp3) is 0.714. The number of likely N-dealkylation sites (tertiary alicyclic amines) is 1. The van der Waals surface area contributed by atoms with Gasteiger partial charge in [0.2, 0.25) is 0 Å². The third-order valence-electron chi connectivity index (χ3n) is 3.59. The molecule has 2 rings (SSSR count). The van der Waals surface area contributed by atoms with Gasteiger partial charge in [-0.3, -0.25) is 4.79 Å². The lowest BCUT2D eigenvalue weighted by Crippen LogP contribution is -2.20. The standard InChI is InChI=1S/C14H23N3O2S/c1-11-12(10-13(18)19)16-14(20-11)15-6-2-3-7-17-8-4-5-9-17/h2-10H2,1H3,(H,15,16)(H,18,19). The average Bonchev–Trinajstić information content (AvgIpc) is 3.00. The van der Waals surface area contributed by atoms with Crippen LogP contribution >= 0.6 is 11.3 Å². The van der Waals surface area contributed by atoms with Crippen LogP contribution < -0.4 is 5.32 Å². The molecule has 0 amide bonds. The molecule has 0 radical (unpaired) electrons. The highest BCUT2D eigenvalue weighted by Gasteiger charge is 2.11. The van der Waals surface area contributed by atoms with E-state index >= 15 is 0 Å². The van der Waals surface area contributed by atoms with E-state index in [4.69, 9.17) is 5.11 Å². The van der Waals surface area contributed by atoms with Gasteiger partial charge in [-0.05, 0) is 52.2 Å². The Morgan fingerprint density at radius 3 is 2.85 bits per heavy atom. The SMILES string of the molecule is Cc1sc(NCCCCN2CCCC2)nc1CC(=O)O. The van der Waals surface area contributed by atoms with Gasteiger partial charge in [0.1, 0.15) is 0 Å². The summed E-state index contributed by atoms with van der Waals surface area (Å²) in [6.07, 6.45) is 5.05. The molecular weight excluding hydrogens is 274 g/mol. The predicted molar refractivity (Wildman–Crippen MR) is 81.6 cm³/mol. The first-order valence-corrected chi connectivity index (χ1v) is 8.11. The topological polar surface area (TPSA) is 65.5 Å². The molecule has 1 saturated heterocycles. The van der Waals surface area contributed by atoms with Gasteiger partial charge >= 0.3 is 5.97 Å². The number of carbonyl (C=O) groups is 1. The highest BCUT2D eigenvalue weighted by atomic mass is 32.1. The lowest BCUT2D eigenvalue weighted by atomic mass is 10.3. The molecule has 2 N–H and O–H groups in total. The molecule has 0 atom stereocenters. The second kappa shape index (κ2) is 7.59. The quantitative estimate of drug-likeness (QED) is 0.721.